The van der Waals surface area contributed by atoms with E-state index in [1.165, 1.54) is 16.4 Å². The van der Waals surface area contributed by atoms with Crippen LogP contribution in [0.2, 0.25) is 5.02 Å². The molecule has 1 heterocycles. The van der Waals surface area contributed by atoms with Crippen LogP contribution in [0.3, 0.4) is 0 Å². The molecule has 0 radical (unpaired) electrons. The number of hydrogen-bond acceptors (Lipinski definition) is 6. The van der Waals surface area contributed by atoms with Crippen molar-refractivity contribution in [1.29, 1.82) is 0 Å². The molecule has 0 saturated carbocycles. The summed E-state index contributed by atoms with van der Waals surface area (Å²) in [5.74, 6) is -0.687. The SMILES string of the molecule is CC(C(=O)Nc1cccc(S(=O)(=O)N2CCOCC2)c1)N(C)CC(=O)Nc1ccccc1Cl. The van der Waals surface area contributed by atoms with Gasteiger partial charge in [-0.3, -0.25) is 14.5 Å². The number of halogens is 1. The van der Waals surface area contributed by atoms with Crippen molar-refractivity contribution >= 4 is 44.8 Å². The number of amides is 2. The molecule has 2 aromatic carbocycles. The second-order valence-corrected chi connectivity index (χ2v) is 10.00. The van der Waals surface area contributed by atoms with Gasteiger partial charge in [-0.1, -0.05) is 29.8 Å². The average Bonchev–Trinajstić information content (AvgIpc) is 2.80. The van der Waals surface area contributed by atoms with Crippen LogP contribution in [0.5, 0.6) is 0 Å². The van der Waals surface area contributed by atoms with E-state index in [4.69, 9.17) is 16.3 Å². The number of carbonyl (C=O) groups excluding carboxylic acids is 2. The normalized spacial score (nSPS) is 15.8. The number of nitrogens with zero attached hydrogens (tertiary/aromatic N) is 2. The number of rotatable bonds is 8. The molecule has 1 fully saturated rings. The van der Waals surface area contributed by atoms with Crippen molar-refractivity contribution < 1.29 is 22.7 Å². The summed E-state index contributed by atoms with van der Waals surface area (Å²) >= 11 is 6.06. The Hall–Kier alpha value is -2.50. The Morgan fingerprint density at radius 2 is 1.82 bits per heavy atom. The van der Waals surface area contributed by atoms with Crippen molar-refractivity contribution in [3.05, 3.63) is 53.6 Å². The Kier molecular flexibility index (Phi) is 8.44. The Balaban J connectivity index is 1.60. The molecule has 0 bridgehead atoms. The molecule has 0 aromatic heterocycles. The third kappa shape index (κ3) is 6.52. The molecule has 2 aromatic rings. The van der Waals surface area contributed by atoms with E-state index in [0.29, 0.717) is 29.6 Å². The van der Waals surface area contributed by atoms with E-state index in [2.05, 4.69) is 10.6 Å². The van der Waals surface area contributed by atoms with Crippen LogP contribution < -0.4 is 10.6 Å². The molecule has 1 aliphatic rings. The van der Waals surface area contributed by atoms with Gasteiger partial charge in [0.15, 0.2) is 0 Å². The lowest BCUT2D eigenvalue weighted by atomic mass is 10.2. The zero-order chi connectivity index (χ0) is 24.0. The van der Waals surface area contributed by atoms with Gasteiger partial charge in [0, 0.05) is 18.8 Å². The highest BCUT2D eigenvalue weighted by molar-refractivity contribution is 7.89. The number of likely N-dealkylation sites (N-methyl/N-ethyl adjacent to an activating group) is 1. The summed E-state index contributed by atoms with van der Waals surface area (Å²) in [4.78, 5) is 26.7. The Labute approximate surface area is 198 Å². The van der Waals surface area contributed by atoms with E-state index < -0.39 is 16.1 Å². The smallest absolute Gasteiger partial charge is 0.243 e. The number of carbonyl (C=O) groups is 2. The maximum Gasteiger partial charge on any atom is 0.243 e. The molecule has 0 spiro atoms. The van der Waals surface area contributed by atoms with Crippen molar-refractivity contribution in [3.63, 3.8) is 0 Å². The van der Waals surface area contributed by atoms with Crippen LogP contribution in [0, 0.1) is 0 Å². The largest absolute Gasteiger partial charge is 0.379 e. The van der Waals surface area contributed by atoms with Gasteiger partial charge in [-0.15, -0.1) is 0 Å². The van der Waals surface area contributed by atoms with E-state index in [-0.39, 0.29) is 36.3 Å². The topological polar surface area (TPSA) is 108 Å². The van der Waals surface area contributed by atoms with E-state index in [1.54, 1.807) is 55.3 Å². The Morgan fingerprint density at radius 3 is 2.52 bits per heavy atom. The predicted octanol–water partition coefficient (Wildman–Crippen LogP) is 2.26. The van der Waals surface area contributed by atoms with E-state index in [9.17, 15) is 18.0 Å². The summed E-state index contributed by atoms with van der Waals surface area (Å²) in [5.41, 5.74) is 0.850. The van der Waals surface area contributed by atoms with Crippen molar-refractivity contribution in [2.24, 2.45) is 0 Å². The average molecular weight is 495 g/mol. The lowest BCUT2D eigenvalue weighted by Crippen LogP contribution is -2.43. The van der Waals surface area contributed by atoms with Gasteiger partial charge >= 0.3 is 0 Å². The van der Waals surface area contributed by atoms with Crippen LogP contribution in [-0.4, -0.2) is 75.4 Å². The van der Waals surface area contributed by atoms with Gasteiger partial charge in [0.2, 0.25) is 21.8 Å². The predicted molar refractivity (Wildman–Crippen MR) is 127 cm³/mol. The fourth-order valence-corrected chi connectivity index (χ4v) is 4.87. The number of nitrogens with one attached hydrogen (secondary N) is 2. The maximum atomic E-state index is 12.9. The van der Waals surface area contributed by atoms with Crippen molar-refractivity contribution in [1.82, 2.24) is 9.21 Å². The molecule has 1 saturated heterocycles. The number of anilines is 2. The maximum absolute atomic E-state index is 12.9. The quantitative estimate of drug-likeness (QED) is 0.582. The first-order valence-corrected chi connectivity index (χ1v) is 12.2. The summed E-state index contributed by atoms with van der Waals surface area (Å²) in [6, 6.07) is 12.3. The first-order valence-electron chi connectivity index (χ1n) is 10.4. The lowest BCUT2D eigenvalue weighted by Gasteiger charge is -2.26. The molecule has 1 atom stereocenters. The third-order valence-corrected chi connectivity index (χ3v) is 7.52. The molecule has 33 heavy (non-hydrogen) atoms. The summed E-state index contributed by atoms with van der Waals surface area (Å²) in [5, 5.41) is 5.87. The summed E-state index contributed by atoms with van der Waals surface area (Å²) < 4.78 is 32.3. The van der Waals surface area contributed by atoms with Gasteiger partial charge in [0.1, 0.15) is 0 Å². The minimum atomic E-state index is -3.68. The fourth-order valence-electron chi connectivity index (χ4n) is 3.23. The molecule has 178 valence electrons. The Bertz CT molecular complexity index is 1110. The third-order valence-electron chi connectivity index (χ3n) is 5.29. The highest BCUT2D eigenvalue weighted by Gasteiger charge is 2.27. The van der Waals surface area contributed by atoms with Crippen LogP contribution in [0.4, 0.5) is 11.4 Å². The second-order valence-electron chi connectivity index (χ2n) is 7.65. The number of para-hydroxylation sites is 1. The first kappa shape index (κ1) is 25.1. The molecule has 1 unspecified atom stereocenters. The van der Waals surface area contributed by atoms with Crippen LogP contribution in [-0.2, 0) is 24.3 Å². The number of ether oxygens (including phenoxy) is 1. The van der Waals surface area contributed by atoms with Gasteiger partial charge < -0.3 is 15.4 Å². The summed E-state index contributed by atoms with van der Waals surface area (Å²) in [6.07, 6.45) is 0. The zero-order valence-corrected chi connectivity index (χ0v) is 20.0. The van der Waals surface area contributed by atoms with Gasteiger partial charge in [-0.05, 0) is 44.3 Å². The molecule has 2 N–H and O–H groups in total. The molecule has 9 nitrogen and oxygen atoms in total. The minimum absolute atomic E-state index is 0.0364. The van der Waals surface area contributed by atoms with Crippen LogP contribution in [0.25, 0.3) is 0 Å². The van der Waals surface area contributed by atoms with E-state index in [1.807, 2.05) is 0 Å². The number of morpholine rings is 1. The van der Waals surface area contributed by atoms with Crippen LogP contribution in [0.1, 0.15) is 6.92 Å². The van der Waals surface area contributed by atoms with E-state index in [0.717, 1.165) is 0 Å². The highest BCUT2D eigenvalue weighted by atomic mass is 35.5. The molecule has 0 aliphatic carbocycles. The first-order chi connectivity index (χ1) is 15.7. The van der Waals surface area contributed by atoms with E-state index >= 15 is 0 Å². The van der Waals surface area contributed by atoms with Gasteiger partial charge in [-0.25, -0.2) is 8.42 Å². The lowest BCUT2D eigenvalue weighted by molar-refractivity contribution is -0.122. The standard InChI is InChI=1S/C22H27ClN4O5S/c1-16(26(2)15-21(28)25-20-9-4-3-8-19(20)23)22(29)24-17-6-5-7-18(14-17)33(30,31)27-10-12-32-13-11-27/h3-9,14,16H,10-13,15H2,1-2H3,(H,24,29)(H,25,28). The van der Waals surface area contributed by atoms with Crippen LogP contribution >= 0.6 is 11.6 Å². The fraction of sp³-hybridized carbons (Fsp3) is 0.364. The monoisotopic (exact) mass is 494 g/mol. The summed E-state index contributed by atoms with van der Waals surface area (Å²) in [6.45, 7) is 2.90. The van der Waals surface area contributed by atoms with Crippen molar-refractivity contribution in [2.45, 2.75) is 17.9 Å². The van der Waals surface area contributed by atoms with Crippen molar-refractivity contribution in [2.75, 3.05) is 50.5 Å². The molecule has 1 aliphatic heterocycles. The summed E-state index contributed by atoms with van der Waals surface area (Å²) in [7, 11) is -2.03. The zero-order valence-electron chi connectivity index (χ0n) is 18.5. The molecule has 3 rings (SSSR count). The molecular weight excluding hydrogens is 468 g/mol. The van der Waals surface area contributed by atoms with Crippen molar-refractivity contribution in [3.8, 4) is 0 Å². The minimum Gasteiger partial charge on any atom is -0.379 e. The molecular formula is C22H27ClN4O5S. The molecule has 2 amide bonds. The number of sulfonamides is 1. The second kappa shape index (κ2) is 11.1. The molecule has 11 heteroatoms. The highest BCUT2D eigenvalue weighted by Crippen LogP contribution is 2.22. The Morgan fingerprint density at radius 1 is 1.12 bits per heavy atom. The number of hydrogen-bond donors (Lipinski definition) is 2. The van der Waals surface area contributed by atoms with Gasteiger partial charge in [0.25, 0.3) is 0 Å². The van der Waals surface area contributed by atoms with Crippen LogP contribution in [0.15, 0.2) is 53.4 Å². The number of benzene rings is 2. The van der Waals surface area contributed by atoms with Gasteiger partial charge in [0.05, 0.1) is 41.4 Å². The van der Waals surface area contributed by atoms with Gasteiger partial charge in [-0.2, -0.15) is 4.31 Å².